The van der Waals surface area contributed by atoms with Crippen LogP contribution in [0.4, 0.5) is 0 Å². The Morgan fingerprint density at radius 3 is 0.909 bits per heavy atom. The maximum atomic E-state index is 3.44. The summed E-state index contributed by atoms with van der Waals surface area (Å²) in [6, 6.07) is 0. The maximum Gasteiger partial charge on any atom is 4.00 e. The topological polar surface area (TPSA) is 0 Å². The van der Waals surface area contributed by atoms with E-state index in [0.29, 0.717) is 0 Å². The number of hydrogen-bond acceptors (Lipinski definition) is 0. The number of rotatable bonds is 0. The normalized spacial score (nSPS) is 21.4. The van der Waals surface area contributed by atoms with Gasteiger partial charge >= 0.3 is 21.7 Å². The van der Waals surface area contributed by atoms with Crippen LogP contribution in [0, 0.1) is 30.4 Å². The zero-order chi connectivity index (χ0) is 15.9. The first-order chi connectivity index (χ1) is 8.90. The van der Waals surface area contributed by atoms with Crippen molar-refractivity contribution in [3.05, 3.63) is 53.0 Å². The Labute approximate surface area is 156 Å². The molecule has 0 N–H and O–H groups in total. The maximum absolute atomic E-state index is 3.44. The molecule has 122 valence electrons. The van der Waals surface area contributed by atoms with E-state index in [2.05, 4.69) is 81.4 Å². The molecule has 2 aliphatic carbocycles. The van der Waals surface area contributed by atoms with E-state index in [1.807, 2.05) is 0 Å². The van der Waals surface area contributed by atoms with Gasteiger partial charge in [-0.2, -0.15) is 22.3 Å². The summed E-state index contributed by atoms with van der Waals surface area (Å²) >= 11 is 0. The first-order valence-electron chi connectivity index (χ1n) is 7.50. The van der Waals surface area contributed by atoms with Crippen LogP contribution in [-0.2, 0) is 21.7 Å². The van der Waals surface area contributed by atoms with Crippen LogP contribution in [0.15, 0.2) is 33.4 Å². The molecule has 0 aromatic carbocycles. The van der Waals surface area contributed by atoms with Crippen LogP contribution in [0.3, 0.4) is 0 Å². The van der Waals surface area contributed by atoms with Crippen molar-refractivity contribution in [2.45, 2.75) is 69.2 Å². The Kier molecular flexibility index (Phi) is 8.68. The molecular weight excluding hydrogens is 300 g/mol. The molecule has 0 fully saturated rings. The molecule has 0 bridgehead atoms. The Hall–Kier alpha value is -0.326. The van der Waals surface area contributed by atoms with E-state index in [9.17, 15) is 0 Å². The van der Waals surface area contributed by atoms with Crippen molar-refractivity contribution in [3.8, 4) is 0 Å². The smallest absolute Gasteiger partial charge is 1.00 e. The summed E-state index contributed by atoms with van der Waals surface area (Å²) < 4.78 is 0. The molecule has 0 amide bonds. The third kappa shape index (κ3) is 4.83. The third-order valence-corrected chi connectivity index (χ3v) is 5.12. The zero-order valence-corrected chi connectivity index (χ0v) is 18.1. The monoisotopic (exact) mass is 334 g/mol. The first kappa shape index (κ1) is 23.9. The summed E-state index contributed by atoms with van der Waals surface area (Å²) in [5, 5.41) is 0. The van der Waals surface area contributed by atoms with Crippen LogP contribution in [0.1, 0.15) is 70.7 Å². The summed E-state index contributed by atoms with van der Waals surface area (Å²) in [5.41, 5.74) is 8.79. The SMILES string of the molecule is CC1=[C-]C(C)(C)C(C)=C1C.CC1=[C-]C(C)(C)C(C)=C1C.[CH3-].[H-].[Ti+4]. The largest absolute Gasteiger partial charge is 4.00 e. The van der Waals surface area contributed by atoms with Crippen molar-refractivity contribution in [3.63, 3.8) is 0 Å². The molecule has 0 saturated heterocycles. The van der Waals surface area contributed by atoms with Crippen LogP contribution in [-0.4, -0.2) is 0 Å². The fourth-order valence-corrected chi connectivity index (χ4v) is 2.81. The molecule has 0 saturated carbocycles. The molecule has 2 rings (SSSR count). The number of allylic oxidation sites excluding steroid dienone is 8. The fraction of sp³-hybridized carbons (Fsp3) is 0.571. The zero-order valence-electron chi connectivity index (χ0n) is 17.5. The van der Waals surface area contributed by atoms with Crippen LogP contribution in [0.25, 0.3) is 0 Å². The van der Waals surface area contributed by atoms with Gasteiger partial charge in [0.15, 0.2) is 0 Å². The quantitative estimate of drug-likeness (QED) is 0.338. The second kappa shape index (κ2) is 7.98. The molecule has 0 aliphatic heterocycles. The summed E-state index contributed by atoms with van der Waals surface area (Å²) in [6.45, 7) is 21.8. The van der Waals surface area contributed by atoms with E-state index >= 15 is 0 Å². The summed E-state index contributed by atoms with van der Waals surface area (Å²) in [7, 11) is 0. The van der Waals surface area contributed by atoms with Gasteiger partial charge in [-0.1, -0.05) is 66.2 Å². The van der Waals surface area contributed by atoms with Crippen molar-refractivity contribution in [2.24, 2.45) is 10.8 Å². The van der Waals surface area contributed by atoms with E-state index in [1.165, 1.54) is 33.4 Å². The summed E-state index contributed by atoms with van der Waals surface area (Å²) in [5.74, 6) is 0. The predicted octanol–water partition coefficient (Wildman–Crippen LogP) is 6.78. The standard InChI is InChI=1S/2C10H15.CH3.Ti.H/c2*1-7-6-10(4,5)9(3)8(7)2;;;/h2*1-5H3;1H3;;/q3*-1;+4;-1. The fourth-order valence-electron chi connectivity index (χ4n) is 2.81. The van der Waals surface area contributed by atoms with Gasteiger partial charge in [0.1, 0.15) is 0 Å². The summed E-state index contributed by atoms with van der Waals surface area (Å²) in [4.78, 5) is 0. The van der Waals surface area contributed by atoms with Crippen molar-refractivity contribution >= 4 is 0 Å². The molecule has 0 aromatic rings. The van der Waals surface area contributed by atoms with E-state index in [-0.39, 0.29) is 41.4 Å². The van der Waals surface area contributed by atoms with Gasteiger partial charge in [0.25, 0.3) is 0 Å². The van der Waals surface area contributed by atoms with Gasteiger partial charge < -0.3 is 8.85 Å². The molecule has 0 radical (unpaired) electrons. The predicted molar refractivity (Wildman–Crippen MR) is 96.7 cm³/mol. The second-order valence-electron chi connectivity index (χ2n) is 7.25. The van der Waals surface area contributed by atoms with Crippen LogP contribution < -0.4 is 0 Å². The van der Waals surface area contributed by atoms with Gasteiger partial charge in [-0.05, 0) is 0 Å². The number of hydrogen-bond donors (Lipinski definition) is 0. The molecule has 1 heteroatoms. The summed E-state index contributed by atoms with van der Waals surface area (Å²) in [6.07, 6.45) is 6.87. The molecule has 0 nitrogen and oxygen atoms in total. The molecule has 0 atom stereocenters. The van der Waals surface area contributed by atoms with Crippen molar-refractivity contribution in [1.29, 1.82) is 0 Å². The average Bonchev–Trinajstić information content (AvgIpc) is 2.60. The Morgan fingerprint density at radius 1 is 0.636 bits per heavy atom. The Bertz CT molecular complexity index is 490. The second-order valence-corrected chi connectivity index (χ2v) is 7.25. The Morgan fingerprint density at radius 2 is 0.864 bits per heavy atom. The van der Waals surface area contributed by atoms with Gasteiger partial charge in [0, 0.05) is 0 Å². The minimum Gasteiger partial charge on any atom is -1.00 e. The molecule has 0 aromatic heterocycles. The van der Waals surface area contributed by atoms with Gasteiger partial charge in [-0.25, -0.2) is 11.1 Å². The molecule has 0 heterocycles. The van der Waals surface area contributed by atoms with E-state index < -0.39 is 0 Å². The van der Waals surface area contributed by atoms with E-state index in [4.69, 9.17) is 0 Å². The van der Waals surface area contributed by atoms with Gasteiger partial charge in [-0.3, -0.25) is 12.2 Å². The Balaban J connectivity index is -0.000000308. The van der Waals surface area contributed by atoms with Crippen LogP contribution in [0.2, 0.25) is 0 Å². The van der Waals surface area contributed by atoms with E-state index in [0.717, 1.165) is 0 Å². The minimum atomic E-state index is 0. The van der Waals surface area contributed by atoms with Gasteiger partial charge in [0.05, 0.1) is 0 Å². The molecule has 0 spiro atoms. The van der Waals surface area contributed by atoms with Gasteiger partial charge in [0.2, 0.25) is 0 Å². The van der Waals surface area contributed by atoms with Gasteiger partial charge in [-0.15, -0.1) is 13.8 Å². The average molecular weight is 334 g/mol. The van der Waals surface area contributed by atoms with E-state index in [1.54, 1.807) is 0 Å². The van der Waals surface area contributed by atoms with Crippen LogP contribution >= 0.6 is 0 Å². The molecular formula is C21H34Ti. The molecule has 22 heavy (non-hydrogen) atoms. The van der Waals surface area contributed by atoms with Crippen molar-refractivity contribution in [1.82, 2.24) is 0 Å². The molecule has 0 unspecified atom stereocenters. The first-order valence-corrected chi connectivity index (χ1v) is 7.50. The third-order valence-electron chi connectivity index (χ3n) is 5.12. The molecule has 2 aliphatic rings. The minimum absolute atomic E-state index is 0. The van der Waals surface area contributed by atoms with Crippen LogP contribution in [0.5, 0.6) is 0 Å². The van der Waals surface area contributed by atoms with Crippen molar-refractivity contribution in [2.75, 3.05) is 0 Å². The van der Waals surface area contributed by atoms with Crippen molar-refractivity contribution < 1.29 is 23.1 Å².